The highest BCUT2D eigenvalue weighted by Crippen LogP contribution is 2.28. The normalized spacial score (nSPS) is 13.3. The lowest BCUT2D eigenvalue weighted by molar-refractivity contribution is 0.192. The Morgan fingerprint density at radius 3 is 2.67 bits per heavy atom. The molecular formula is C12H17BrO4S. The molecule has 0 aliphatic carbocycles. The number of ether oxygens (including phenoxy) is 1. The number of hydrogen-bond donors (Lipinski definition) is 1. The van der Waals surface area contributed by atoms with Crippen LogP contribution in [0.3, 0.4) is 0 Å². The molecule has 0 bridgehead atoms. The summed E-state index contributed by atoms with van der Waals surface area (Å²) in [6, 6.07) is 5.27. The first-order valence-corrected chi connectivity index (χ1v) is 8.28. The van der Waals surface area contributed by atoms with E-state index in [0.717, 1.165) is 4.47 Å². The van der Waals surface area contributed by atoms with Crippen LogP contribution in [0.4, 0.5) is 0 Å². The van der Waals surface area contributed by atoms with Gasteiger partial charge in [0.2, 0.25) is 0 Å². The highest BCUT2D eigenvalue weighted by Gasteiger charge is 2.12. The third kappa shape index (κ3) is 4.59. The van der Waals surface area contributed by atoms with Crippen molar-refractivity contribution in [2.45, 2.75) is 20.0 Å². The summed E-state index contributed by atoms with van der Waals surface area (Å²) in [6.45, 7) is 3.33. The fourth-order valence-corrected chi connectivity index (χ4v) is 2.37. The number of aliphatic hydroxyl groups is 1. The summed E-state index contributed by atoms with van der Waals surface area (Å²) >= 11 is 3.31. The molecule has 0 unspecified atom stereocenters. The van der Waals surface area contributed by atoms with Crippen LogP contribution in [0.15, 0.2) is 22.7 Å². The van der Waals surface area contributed by atoms with Gasteiger partial charge in [0.15, 0.2) is 9.84 Å². The Morgan fingerprint density at radius 1 is 1.44 bits per heavy atom. The van der Waals surface area contributed by atoms with E-state index in [2.05, 4.69) is 15.9 Å². The second kappa shape index (κ2) is 6.54. The second-order valence-corrected chi connectivity index (χ2v) is 7.33. The van der Waals surface area contributed by atoms with Gasteiger partial charge in [-0.2, -0.15) is 0 Å². The topological polar surface area (TPSA) is 63.6 Å². The van der Waals surface area contributed by atoms with E-state index in [-0.39, 0.29) is 18.1 Å². The molecule has 0 spiro atoms. The van der Waals surface area contributed by atoms with Gasteiger partial charge in [0, 0.05) is 15.8 Å². The summed E-state index contributed by atoms with van der Waals surface area (Å²) in [6.07, 6.45) is -0.657. The van der Waals surface area contributed by atoms with Gasteiger partial charge in [0.25, 0.3) is 0 Å². The quantitative estimate of drug-likeness (QED) is 0.865. The van der Waals surface area contributed by atoms with E-state index in [1.54, 1.807) is 32.0 Å². The van der Waals surface area contributed by atoms with Crippen molar-refractivity contribution in [2.75, 3.05) is 18.1 Å². The molecule has 0 saturated carbocycles. The van der Waals surface area contributed by atoms with Crippen LogP contribution in [0.2, 0.25) is 0 Å². The van der Waals surface area contributed by atoms with Crippen LogP contribution < -0.4 is 4.74 Å². The van der Waals surface area contributed by atoms with Gasteiger partial charge >= 0.3 is 0 Å². The molecule has 1 N–H and O–H groups in total. The highest BCUT2D eigenvalue weighted by atomic mass is 79.9. The zero-order valence-corrected chi connectivity index (χ0v) is 12.8. The monoisotopic (exact) mass is 336 g/mol. The summed E-state index contributed by atoms with van der Waals surface area (Å²) in [4.78, 5) is 0. The minimum absolute atomic E-state index is 0.0186. The second-order valence-electron chi connectivity index (χ2n) is 3.94. The molecule has 4 nitrogen and oxygen atoms in total. The van der Waals surface area contributed by atoms with Crippen molar-refractivity contribution in [2.24, 2.45) is 0 Å². The summed E-state index contributed by atoms with van der Waals surface area (Å²) in [7, 11) is -3.03. The molecule has 0 saturated heterocycles. The average molecular weight is 337 g/mol. The molecule has 0 radical (unpaired) electrons. The van der Waals surface area contributed by atoms with E-state index in [9.17, 15) is 13.5 Å². The summed E-state index contributed by atoms with van der Waals surface area (Å²) < 4.78 is 28.9. The lowest BCUT2D eigenvalue weighted by Gasteiger charge is -2.13. The third-order valence-electron chi connectivity index (χ3n) is 2.52. The Morgan fingerprint density at radius 2 is 2.11 bits per heavy atom. The molecule has 0 aliphatic heterocycles. The number of halogens is 1. The van der Waals surface area contributed by atoms with E-state index >= 15 is 0 Å². The zero-order chi connectivity index (χ0) is 13.8. The van der Waals surface area contributed by atoms with Crippen molar-refractivity contribution in [3.8, 4) is 5.75 Å². The minimum atomic E-state index is -3.03. The molecule has 1 aromatic carbocycles. The smallest absolute Gasteiger partial charge is 0.153 e. The summed E-state index contributed by atoms with van der Waals surface area (Å²) in [5, 5.41) is 9.59. The number of benzene rings is 1. The molecule has 0 fully saturated rings. The molecule has 1 atom stereocenters. The van der Waals surface area contributed by atoms with E-state index in [1.165, 1.54) is 0 Å². The van der Waals surface area contributed by atoms with Crippen LogP contribution in [0, 0.1) is 0 Å². The van der Waals surface area contributed by atoms with Gasteiger partial charge in [-0.25, -0.2) is 8.42 Å². The van der Waals surface area contributed by atoms with Gasteiger partial charge in [-0.3, -0.25) is 0 Å². The van der Waals surface area contributed by atoms with Gasteiger partial charge < -0.3 is 9.84 Å². The molecule has 0 heterocycles. The van der Waals surface area contributed by atoms with Crippen molar-refractivity contribution >= 4 is 25.8 Å². The van der Waals surface area contributed by atoms with E-state index in [4.69, 9.17) is 4.74 Å². The summed E-state index contributed by atoms with van der Waals surface area (Å²) in [5.41, 5.74) is 0.645. The molecule has 0 amide bonds. The molecular weight excluding hydrogens is 320 g/mol. The molecule has 6 heteroatoms. The lowest BCUT2D eigenvalue weighted by atomic mass is 10.1. The van der Waals surface area contributed by atoms with Crippen LogP contribution in [-0.4, -0.2) is 31.6 Å². The first-order valence-electron chi connectivity index (χ1n) is 5.66. The van der Waals surface area contributed by atoms with Crippen molar-refractivity contribution < 1.29 is 18.3 Å². The predicted octanol–water partition coefficient (Wildman–Crippen LogP) is 2.32. The Labute approximate surface area is 116 Å². The van der Waals surface area contributed by atoms with Crippen LogP contribution in [0.1, 0.15) is 25.5 Å². The van der Waals surface area contributed by atoms with Crippen molar-refractivity contribution in [3.05, 3.63) is 28.2 Å². The number of sulfone groups is 1. The van der Waals surface area contributed by atoms with Crippen LogP contribution in [-0.2, 0) is 9.84 Å². The fraction of sp³-hybridized carbons (Fsp3) is 0.500. The predicted molar refractivity (Wildman–Crippen MR) is 74.6 cm³/mol. The van der Waals surface area contributed by atoms with E-state index in [1.807, 2.05) is 0 Å². The Hall–Kier alpha value is -0.590. The van der Waals surface area contributed by atoms with E-state index < -0.39 is 15.9 Å². The molecule has 18 heavy (non-hydrogen) atoms. The third-order valence-corrected chi connectivity index (χ3v) is 4.68. The van der Waals surface area contributed by atoms with Gasteiger partial charge in [-0.1, -0.05) is 28.9 Å². The minimum Gasteiger partial charge on any atom is -0.492 e. The zero-order valence-electron chi connectivity index (χ0n) is 10.4. The Balaban J connectivity index is 2.75. The SMILES string of the molecule is CCS(=O)(=O)CCOc1cc(Br)ccc1[C@@H](C)O. The van der Waals surface area contributed by atoms with Crippen molar-refractivity contribution in [1.82, 2.24) is 0 Å². The molecule has 1 aromatic rings. The first kappa shape index (κ1) is 15.5. The molecule has 0 aromatic heterocycles. The molecule has 1 rings (SSSR count). The Kier molecular flexibility index (Phi) is 5.62. The largest absolute Gasteiger partial charge is 0.492 e. The number of hydrogen-bond acceptors (Lipinski definition) is 4. The average Bonchev–Trinajstić information content (AvgIpc) is 2.28. The van der Waals surface area contributed by atoms with Gasteiger partial charge in [0.05, 0.1) is 11.9 Å². The van der Waals surface area contributed by atoms with Crippen LogP contribution in [0.25, 0.3) is 0 Å². The maximum atomic E-state index is 11.3. The number of rotatable bonds is 6. The maximum Gasteiger partial charge on any atom is 0.153 e. The van der Waals surface area contributed by atoms with Crippen LogP contribution in [0.5, 0.6) is 5.75 Å². The van der Waals surface area contributed by atoms with E-state index in [0.29, 0.717) is 11.3 Å². The number of aliphatic hydroxyl groups excluding tert-OH is 1. The first-order chi connectivity index (χ1) is 8.35. The molecule has 102 valence electrons. The lowest BCUT2D eigenvalue weighted by Crippen LogP contribution is -2.16. The maximum absolute atomic E-state index is 11.3. The van der Waals surface area contributed by atoms with Gasteiger partial charge in [-0.15, -0.1) is 0 Å². The highest BCUT2D eigenvalue weighted by molar-refractivity contribution is 9.10. The van der Waals surface area contributed by atoms with Crippen molar-refractivity contribution in [3.63, 3.8) is 0 Å². The fourth-order valence-electron chi connectivity index (χ4n) is 1.40. The Bertz CT molecular complexity index is 497. The van der Waals surface area contributed by atoms with Gasteiger partial charge in [-0.05, 0) is 19.1 Å². The van der Waals surface area contributed by atoms with Gasteiger partial charge in [0.1, 0.15) is 12.4 Å². The molecule has 0 aliphatic rings. The standard InChI is InChI=1S/C12H17BrO4S/c1-3-18(15,16)7-6-17-12-8-10(13)4-5-11(12)9(2)14/h4-5,8-9,14H,3,6-7H2,1-2H3/t9-/m1/s1. The van der Waals surface area contributed by atoms with Crippen molar-refractivity contribution in [1.29, 1.82) is 0 Å². The summed E-state index contributed by atoms with van der Waals surface area (Å²) in [5.74, 6) is 0.596. The van der Waals surface area contributed by atoms with Crippen LogP contribution >= 0.6 is 15.9 Å².